The molecule has 10 heteroatoms. The van der Waals surface area contributed by atoms with Gasteiger partial charge in [0.05, 0.1) is 42.6 Å². The molecule has 3 aromatic rings. The topological polar surface area (TPSA) is 121 Å². The largest absolute Gasteiger partial charge is 0.465 e. The van der Waals surface area contributed by atoms with Crippen LogP contribution >= 0.6 is 12.6 Å². The van der Waals surface area contributed by atoms with Crippen LogP contribution in [0.4, 0.5) is 0 Å². The van der Waals surface area contributed by atoms with Crippen molar-refractivity contribution in [1.29, 1.82) is 0 Å². The van der Waals surface area contributed by atoms with Gasteiger partial charge in [0, 0.05) is 5.41 Å². The van der Waals surface area contributed by atoms with Gasteiger partial charge in [-0.05, 0) is 104 Å². The quantitative estimate of drug-likeness (QED) is 0.287. The molecule has 4 aliphatic carbocycles. The zero-order chi connectivity index (χ0) is 31.0. The molecule has 0 amide bonds. The lowest BCUT2D eigenvalue weighted by Crippen LogP contribution is -2.62. The summed E-state index contributed by atoms with van der Waals surface area (Å²) in [6, 6.07) is 10.4. The van der Waals surface area contributed by atoms with Crippen LogP contribution in [0.25, 0.3) is 11.8 Å². The lowest BCUT2D eigenvalue weighted by atomic mass is 9.45. The maximum absolute atomic E-state index is 13.3. The molecule has 0 unspecified atom stereocenters. The number of esters is 2. The minimum Gasteiger partial charge on any atom is -0.465 e. The summed E-state index contributed by atoms with van der Waals surface area (Å²) in [6.45, 7) is 4.25. The number of thiol groups is 1. The Morgan fingerprint density at radius 2 is 1.95 bits per heavy atom. The van der Waals surface area contributed by atoms with Gasteiger partial charge in [0.25, 0.3) is 0 Å². The van der Waals surface area contributed by atoms with Gasteiger partial charge in [-0.3, -0.25) is 4.79 Å². The van der Waals surface area contributed by atoms with E-state index in [4.69, 9.17) is 19.0 Å². The van der Waals surface area contributed by atoms with E-state index in [2.05, 4.69) is 25.6 Å². The van der Waals surface area contributed by atoms with Gasteiger partial charge in [0.15, 0.2) is 5.60 Å². The third-order valence-electron chi connectivity index (χ3n) is 11.4. The van der Waals surface area contributed by atoms with Crippen molar-refractivity contribution < 1.29 is 33.4 Å². The molecule has 3 fully saturated rings. The Bertz CT molecular complexity index is 1690. The first-order valence-corrected chi connectivity index (χ1v) is 15.6. The molecule has 7 rings (SSSR count). The Hall–Kier alpha value is -3.63. The molecule has 0 bridgehead atoms. The van der Waals surface area contributed by atoms with Crippen molar-refractivity contribution in [3.63, 3.8) is 0 Å². The Morgan fingerprint density at radius 3 is 2.68 bits per heavy atom. The number of methoxy groups -OCH3 is 1. The Balaban J connectivity index is 1.21. The SMILES string of the molecule is COC(=O)c1cccc(-n2ncc3c2C=C2CC[C@H]4[C@@H]([C@H](O)C[C@]5(C)[C@@H]4CC[C@@]5(OC(=O)c4ccco4)C(=O)S)[C@]2(C)C3)c1. The predicted octanol–water partition coefficient (Wildman–Crippen LogP) is 5.46. The Kier molecular flexibility index (Phi) is 6.75. The molecular formula is C34H36N2O7S. The number of hydrogen-bond donors (Lipinski definition) is 2. The van der Waals surface area contributed by atoms with Crippen molar-refractivity contribution in [2.75, 3.05) is 7.11 Å². The molecule has 4 aliphatic rings. The fraction of sp³-hybridized carbons (Fsp3) is 0.471. The average molecular weight is 617 g/mol. The van der Waals surface area contributed by atoms with E-state index in [1.54, 1.807) is 18.2 Å². The van der Waals surface area contributed by atoms with Crippen LogP contribution in [0.1, 0.15) is 78.1 Å². The maximum Gasteiger partial charge on any atom is 0.375 e. The van der Waals surface area contributed by atoms with E-state index in [-0.39, 0.29) is 28.9 Å². The molecule has 44 heavy (non-hydrogen) atoms. The van der Waals surface area contributed by atoms with Crippen molar-refractivity contribution in [3.05, 3.63) is 77.0 Å². The molecule has 3 saturated carbocycles. The van der Waals surface area contributed by atoms with Crippen LogP contribution in [0.5, 0.6) is 0 Å². The zero-order valence-electron chi connectivity index (χ0n) is 25.0. The highest BCUT2D eigenvalue weighted by molar-refractivity contribution is 7.96. The summed E-state index contributed by atoms with van der Waals surface area (Å²) in [5.41, 5.74) is 2.05. The summed E-state index contributed by atoms with van der Waals surface area (Å²) in [7, 11) is 1.37. The minimum absolute atomic E-state index is 0.0358. The third-order valence-corrected chi connectivity index (χ3v) is 11.8. The fourth-order valence-electron chi connectivity index (χ4n) is 9.43. The number of fused-ring (bicyclic) bond motifs is 6. The number of aromatic nitrogens is 2. The summed E-state index contributed by atoms with van der Waals surface area (Å²) in [4.78, 5) is 38.5. The van der Waals surface area contributed by atoms with Gasteiger partial charge in [-0.2, -0.15) is 5.10 Å². The molecule has 1 N–H and O–H groups in total. The maximum atomic E-state index is 13.3. The van der Waals surface area contributed by atoms with Crippen LogP contribution in [0.3, 0.4) is 0 Å². The van der Waals surface area contributed by atoms with E-state index in [1.807, 2.05) is 29.9 Å². The number of benzene rings is 1. The lowest BCUT2D eigenvalue weighted by molar-refractivity contribution is -0.174. The molecule has 7 atom stereocenters. The second kappa shape index (κ2) is 10.2. The number of aliphatic hydroxyl groups is 1. The van der Waals surface area contributed by atoms with Gasteiger partial charge in [-0.15, -0.1) is 12.6 Å². The van der Waals surface area contributed by atoms with Crippen LogP contribution in [-0.2, 0) is 20.7 Å². The summed E-state index contributed by atoms with van der Waals surface area (Å²) in [5.74, 6) is -0.884. The van der Waals surface area contributed by atoms with Crippen LogP contribution in [-0.4, -0.2) is 50.8 Å². The summed E-state index contributed by atoms with van der Waals surface area (Å²) in [6.07, 6.45) is 8.60. The van der Waals surface area contributed by atoms with Gasteiger partial charge in [0.1, 0.15) is 0 Å². The number of rotatable bonds is 5. The van der Waals surface area contributed by atoms with Gasteiger partial charge >= 0.3 is 11.9 Å². The van der Waals surface area contributed by atoms with Crippen molar-refractivity contribution in [2.24, 2.45) is 28.6 Å². The summed E-state index contributed by atoms with van der Waals surface area (Å²) in [5, 5.41) is 16.2. The summed E-state index contributed by atoms with van der Waals surface area (Å²) < 4.78 is 18.1. The van der Waals surface area contributed by atoms with Crippen molar-refractivity contribution in [1.82, 2.24) is 9.78 Å². The highest BCUT2D eigenvalue weighted by atomic mass is 32.1. The van der Waals surface area contributed by atoms with E-state index in [1.165, 1.54) is 25.0 Å². The molecule has 9 nitrogen and oxygen atoms in total. The van der Waals surface area contributed by atoms with E-state index in [0.29, 0.717) is 24.8 Å². The number of carbonyl (C=O) groups is 3. The molecule has 2 heterocycles. The first-order chi connectivity index (χ1) is 21.0. The average Bonchev–Trinajstić information content (AvgIpc) is 3.74. The second-order valence-electron chi connectivity index (χ2n) is 13.3. The molecule has 0 aliphatic heterocycles. The normalized spacial score (nSPS) is 33.7. The van der Waals surface area contributed by atoms with Crippen LogP contribution in [0, 0.1) is 28.6 Å². The number of allylic oxidation sites excluding steroid dienone is 1. The number of nitrogens with zero attached hydrogens (tertiary/aromatic N) is 2. The van der Waals surface area contributed by atoms with E-state index < -0.39 is 34.2 Å². The van der Waals surface area contributed by atoms with Crippen molar-refractivity contribution in [3.8, 4) is 5.69 Å². The molecular weight excluding hydrogens is 580 g/mol. The molecule has 0 saturated heterocycles. The van der Waals surface area contributed by atoms with E-state index in [9.17, 15) is 19.5 Å². The summed E-state index contributed by atoms with van der Waals surface area (Å²) >= 11 is 4.27. The first kappa shape index (κ1) is 29.1. The molecule has 1 aromatic carbocycles. The lowest BCUT2D eigenvalue weighted by Gasteiger charge is -2.60. The molecule has 0 spiro atoms. The number of hydrogen-bond acceptors (Lipinski definition) is 8. The molecule has 230 valence electrons. The van der Waals surface area contributed by atoms with Crippen molar-refractivity contribution >= 4 is 35.8 Å². The van der Waals surface area contributed by atoms with E-state index in [0.717, 1.165) is 36.2 Å². The van der Waals surface area contributed by atoms with Crippen LogP contribution in [0.15, 0.2) is 58.8 Å². The van der Waals surface area contributed by atoms with Gasteiger partial charge in [-0.1, -0.05) is 25.5 Å². The highest BCUT2D eigenvalue weighted by Gasteiger charge is 2.70. The van der Waals surface area contributed by atoms with Gasteiger partial charge in [0.2, 0.25) is 10.9 Å². The van der Waals surface area contributed by atoms with Gasteiger partial charge < -0.3 is 19.0 Å². The van der Waals surface area contributed by atoms with E-state index >= 15 is 0 Å². The highest BCUT2D eigenvalue weighted by Crippen LogP contribution is 2.68. The van der Waals surface area contributed by atoms with Gasteiger partial charge in [-0.25, -0.2) is 14.3 Å². The number of carbonyl (C=O) groups excluding carboxylic acids is 3. The Labute approximate surface area is 261 Å². The predicted molar refractivity (Wildman–Crippen MR) is 163 cm³/mol. The number of furan rings is 1. The smallest absolute Gasteiger partial charge is 0.375 e. The van der Waals surface area contributed by atoms with Crippen molar-refractivity contribution in [2.45, 2.75) is 64.1 Å². The monoisotopic (exact) mass is 616 g/mol. The minimum atomic E-state index is -1.45. The third kappa shape index (κ3) is 4.03. The zero-order valence-corrected chi connectivity index (χ0v) is 25.9. The molecule has 2 aromatic heterocycles. The van der Waals surface area contributed by atoms with Crippen LogP contribution < -0.4 is 0 Å². The standard InChI is InChI=1S/C34H36N2O7S/c1-32-16-20-18-35-36(22-7-4-6-19(14-22)29(38)41-3)25(20)15-21(32)9-10-23-24-11-12-34(31(40)44,33(24,2)17-26(37)28(23)32)43-30(39)27-8-5-13-42-27/h4-8,13-15,18,23-24,26,28,37H,9-12,16-17H2,1-3H3,(H,40,44)/t23-,24-,26-,28+,32-,33-,34-/m1/s1. The second-order valence-corrected chi connectivity index (χ2v) is 13.7. The Morgan fingerprint density at radius 1 is 1.14 bits per heavy atom. The molecule has 0 radical (unpaired) electrons. The fourth-order valence-corrected chi connectivity index (χ4v) is 9.84. The number of ether oxygens (including phenoxy) is 2. The van der Waals surface area contributed by atoms with Crippen LogP contribution in [0.2, 0.25) is 0 Å². The first-order valence-electron chi connectivity index (χ1n) is 15.2. The number of aliphatic hydroxyl groups excluding tert-OH is 1.